The summed E-state index contributed by atoms with van der Waals surface area (Å²) in [6, 6.07) is 4.84. The molecule has 0 unspecified atom stereocenters. The predicted molar refractivity (Wildman–Crippen MR) is 95.9 cm³/mol. The Morgan fingerprint density at radius 2 is 2.28 bits per heavy atom. The number of aromatic nitrogens is 1. The summed E-state index contributed by atoms with van der Waals surface area (Å²) in [4.78, 5) is 41.0. The Balaban J connectivity index is 1.59. The highest BCUT2D eigenvalue weighted by molar-refractivity contribution is 7.22. The highest BCUT2D eigenvalue weighted by Crippen LogP contribution is 2.26. The van der Waals surface area contributed by atoms with Crippen LogP contribution in [0.25, 0.3) is 10.2 Å². The van der Waals surface area contributed by atoms with Crippen LogP contribution in [0.2, 0.25) is 0 Å². The zero-order chi connectivity index (χ0) is 17.8. The van der Waals surface area contributed by atoms with Gasteiger partial charge < -0.3 is 20.9 Å². The van der Waals surface area contributed by atoms with E-state index in [0.717, 1.165) is 24.1 Å². The van der Waals surface area contributed by atoms with Crippen molar-refractivity contribution in [1.29, 1.82) is 0 Å². The molecule has 0 radical (unpaired) electrons. The second-order valence-corrected chi connectivity index (χ2v) is 6.85. The molecule has 8 nitrogen and oxygen atoms in total. The zero-order valence-corrected chi connectivity index (χ0v) is 14.6. The van der Waals surface area contributed by atoms with E-state index < -0.39 is 0 Å². The summed E-state index contributed by atoms with van der Waals surface area (Å²) < 4.78 is 0.821. The van der Waals surface area contributed by atoms with E-state index in [1.165, 1.54) is 16.2 Å². The lowest BCUT2D eigenvalue weighted by Gasteiger charge is -2.27. The molecular formula is C16H19N5O3S. The van der Waals surface area contributed by atoms with Crippen LogP contribution in [0.1, 0.15) is 10.4 Å². The zero-order valence-electron chi connectivity index (χ0n) is 13.7. The van der Waals surface area contributed by atoms with E-state index in [2.05, 4.69) is 20.9 Å². The van der Waals surface area contributed by atoms with Gasteiger partial charge in [0.05, 0.1) is 22.8 Å². The summed E-state index contributed by atoms with van der Waals surface area (Å²) in [5.41, 5.74) is 1.28. The number of nitrogens with zero attached hydrogens (tertiary/aromatic N) is 2. The third kappa shape index (κ3) is 4.19. The number of benzene rings is 1. The first kappa shape index (κ1) is 17.5. The summed E-state index contributed by atoms with van der Waals surface area (Å²) in [6.45, 7) is 2.07. The molecule has 0 saturated carbocycles. The highest BCUT2D eigenvalue weighted by atomic mass is 32.1. The normalized spacial score (nSPS) is 17.2. The van der Waals surface area contributed by atoms with Crippen LogP contribution in [-0.4, -0.2) is 67.3 Å². The van der Waals surface area contributed by atoms with Crippen molar-refractivity contribution >= 4 is 44.8 Å². The van der Waals surface area contributed by atoms with Crippen LogP contribution in [0.5, 0.6) is 0 Å². The Kier molecular flexibility index (Phi) is 5.37. The molecule has 0 aliphatic carbocycles. The van der Waals surface area contributed by atoms with Crippen molar-refractivity contribution < 1.29 is 14.4 Å². The van der Waals surface area contributed by atoms with Gasteiger partial charge in [0.2, 0.25) is 11.8 Å². The number of likely N-dealkylation sites (N-methyl/N-ethyl adjacent to an activating group) is 1. The van der Waals surface area contributed by atoms with E-state index in [9.17, 15) is 14.4 Å². The number of carbonyl (C=O) groups is 3. The van der Waals surface area contributed by atoms with Gasteiger partial charge in [-0.15, -0.1) is 0 Å². The summed E-state index contributed by atoms with van der Waals surface area (Å²) in [5, 5.41) is 9.42. The lowest BCUT2D eigenvalue weighted by Crippen LogP contribution is -2.56. The van der Waals surface area contributed by atoms with E-state index in [0.29, 0.717) is 22.8 Å². The van der Waals surface area contributed by atoms with Crippen LogP contribution in [0.4, 0.5) is 5.13 Å². The van der Waals surface area contributed by atoms with Gasteiger partial charge in [0.25, 0.3) is 0 Å². The largest absolute Gasteiger partial charge is 0.335 e. The van der Waals surface area contributed by atoms with Gasteiger partial charge in [0.15, 0.2) is 5.13 Å². The van der Waals surface area contributed by atoms with Crippen LogP contribution in [0, 0.1) is 0 Å². The predicted octanol–water partition coefficient (Wildman–Crippen LogP) is 0.0671. The second kappa shape index (κ2) is 7.68. The van der Waals surface area contributed by atoms with Crippen molar-refractivity contribution in [3.8, 4) is 0 Å². The molecule has 2 aromatic rings. The third-order valence-corrected chi connectivity index (χ3v) is 4.82. The topological polar surface area (TPSA) is 103 Å². The Labute approximate surface area is 148 Å². The summed E-state index contributed by atoms with van der Waals surface area (Å²) >= 11 is 1.29. The molecule has 1 saturated heterocycles. The number of aldehydes is 1. The number of anilines is 1. The molecule has 1 aromatic heterocycles. The summed E-state index contributed by atoms with van der Waals surface area (Å²) in [6.07, 6.45) is 0.770. The molecule has 0 spiro atoms. The van der Waals surface area contributed by atoms with Crippen molar-refractivity contribution in [2.45, 2.75) is 6.04 Å². The van der Waals surface area contributed by atoms with Crippen LogP contribution in [-0.2, 0) is 9.59 Å². The maximum atomic E-state index is 12.3. The molecule has 2 heterocycles. The van der Waals surface area contributed by atoms with Crippen LogP contribution in [0.3, 0.4) is 0 Å². The molecule has 1 atom stereocenters. The molecule has 1 aliphatic rings. The third-order valence-electron chi connectivity index (χ3n) is 3.89. The first-order valence-electron chi connectivity index (χ1n) is 7.91. The first-order chi connectivity index (χ1) is 12.1. The minimum Gasteiger partial charge on any atom is -0.335 e. The Hall–Kier alpha value is -2.36. The van der Waals surface area contributed by atoms with E-state index in [4.69, 9.17) is 0 Å². The van der Waals surface area contributed by atoms with Crippen molar-refractivity contribution in [2.75, 3.05) is 38.5 Å². The number of nitrogens with one attached hydrogen (secondary N) is 3. The van der Waals surface area contributed by atoms with Gasteiger partial charge in [-0.3, -0.25) is 14.4 Å². The van der Waals surface area contributed by atoms with Gasteiger partial charge in [-0.2, -0.15) is 0 Å². The number of piperazine rings is 1. The maximum Gasteiger partial charge on any atom is 0.245 e. The van der Waals surface area contributed by atoms with Gasteiger partial charge in [0.1, 0.15) is 6.29 Å². The smallest absolute Gasteiger partial charge is 0.245 e. The molecular weight excluding hydrogens is 342 g/mol. The van der Waals surface area contributed by atoms with Crippen molar-refractivity contribution in [1.82, 2.24) is 20.5 Å². The lowest BCUT2D eigenvalue weighted by atomic mass is 10.2. The van der Waals surface area contributed by atoms with Gasteiger partial charge >= 0.3 is 0 Å². The summed E-state index contributed by atoms with van der Waals surface area (Å²) in [7, 11) is 1.60. The molecule has 0 bridgehead atoms. The SMILES string of the molecule is CN(CC(=O)Nc1nc2ccc(C=O)cc2s1)C(=O)[C@H]1CNCCN1. The lowest BCUT2D eigenvalue weighted by molar-refractivity contribution is -0.135. The molecule has 1 aromatic carbocycles. The summed E-state index contributed by atoms with van der Waals surface area (Å²) in [5.74, 6) is -0.434. The monoisotopic (exact) mass is 361 g/mol. The number of fused-ring (bicyclic) bond motifs is 1. The van der Waals surface area contributed by atoms with Crippen molar-refractivity contribution in [3.05, 3.63) is 23.8 Å². The van der Waals surface area contributed by atoms with Crippen molar-refractivity contribution in [2.24, 2.45) is 0 Å². The second-order valence-electron chi connectivity index (χ2n) is 5.82. The Morgan fingerprint density at radius 3 is 3.00 bits per heavy atom. The molecule has 25 heavy (non-hydrogen) atoms. The molecule has 2 amide bonds. The fraction of sp³-hybridized carbons (Fsp3) is 0.375. The van der Waals surface area contributed by atoms with E-state index in [-0.39, 0.29) is 24.4 Å². The molecule has 3 rings (SSSR count). The average molecular weight is 361 g/mol. The maximum absolute atomic E-state index is 12.3. The fourth-order valence-electron chi connectivity index (χ4n) is 2.61. The Morgan fingerprint density at radius 1 is 1.44 bits per heavy atom. The molecule has 3 N–H and O–H groups in total. The minimum atomic E-state index is -0.311. The van der Waals surface area contributed by atoms with Gasteiger partial charge in [-0.05, 0) is 18.2 Å². The number of amides is 2. The van der Waals surface area contributed by atoms with Gasteiger partial charge in [-0.25, -0.2) is 4.98 Å². The quantitative estimate of drug-likeness (QED) is 0.651. The number of hydrogen-bond donors (Lipinski definition) is 3. The number of hydrogen-bond acceptors (Lipinski definition) is 7. The first-order valence-corrected chi connectivity index (χ1v) is 8.73. The van der Waals surface area contributed by atoms with E-state index in [1.54, 1.807) is 25.2 Å². The number of carbonyl (C=O) groups excluding carboxylic acids is 3. The van der Waals surface area contributed by atoms with Gasteiger partial charge in [-0.1, -0.05) is 11.3 Å². The Bertz CT molecular complexity index is 800. The average Bonchev–Trinajstić information content (AvgIpc) is 3.02. The molecule has 1 aliphatic heterocycles. The van der Waals surface area contributed by atoms with E-state index in [1.807, 2.05) is 0 Å². The van der Waals surface area contributed by atoms with Crippen molar-refractivity contribution in [3.63, 3.8) is 0 Å². The van der Waals surface area contributed by atoms with Gasteiger partial charge in [0, 0.05) is 32.2 Å². The fourth-order valence-corrected chi connectivity index (χ4v) is 3.54. The van der Waals surface area contributed by atoms with Crippen LogP contribution in [0.15, 0.2) is 18.2 Å². The molecule has 132 valence electrons. The highest BCUT2D eigenvalue weighted by Gasteiger charge is 2.24. The number of rotatable bonds is 5. The van der Waals surface area contributed by atoms with Crippen LogP contribution < -0.4 is 16.0 Å². The molecule has 9 heteroatoms. The molecule has 1 fully saturated rings. The van der Waals surface area contributed by atoms with E-state index >= 15 is 0 Å². The van der Waals surface area contributed by atoms with Crippen LogP contribution >= 0.6 is 11.3 Å². The standard InChI is InChI=1S/C16H19N5O3S/c1-21(15(24)12-7-17-4-5-18-12)8-14(23)20-16-19-11-3-2-10(9-22)6-13(11)25-16/h2-3,6,9,12,17-18H,4-5,7-8H2,1H3,(H,19,20,23)/t12-/m1/s1. The number of thiazole rings is 1. The minimum absolute atomic E-state index is 0.0491.